The minimum absolute atomic E-state index is 0.0343. The quantitative estimate of drug-likeness (QED) is 0.655. The molecule has 0 aliphatic rings. The van der Waals surface area contributed by atoms with Crippen LogP contribution >= 0.6 is 0 Å². The molecule has 0 spiro atoms. The Bertz CT molecular complexity index is 571. The predicted octanol–water partition coefficient (Wildman–Crippen LogP) is 3.12. The summed E-state index contributed by atoms with van der Waals surface area (Å²) < 4.78 is 0. The van der Waals surface area contributed by atoms with Gasteiger partial charge in [0.1, 0.15) is 0 Å². The van der Waals surface area contributed by atoms with Crippen LogP contribution in [0, 0.1) is 0 Å². The fourth-order valence-corrected chi connectivity index (χ4v) is 1.92. The first kappa shape index (κ1) is 13.2. The number of carbonyl (C=O) groups excluding carboxylic acids is 1. The molecule has 19 heavy (non-hydrogen) atoms. The first-order valence-electron chi connectivity index (χ1n) is 6.27. The average Bonchev–Trinajstić information content (AvgIpc) is 2.47. The lowest BCUT2D eigenvalue weighted by Crippen LogP contribution is -2.02. The average molecular weight is 252 g/mol. The molecule has 2 heteroatoms. The molecule has 0 fully saturated rings. The van der Waals surface area contributed by atoms with Gasteiger partial charge in [-0.05, 0) is 23.6 Å². The molecule has 0 saturated carbocycles. The Morgan fingerprint density at radius 2 is 1.68 bits per heavy atom. The van der Waals surface area contributed by atoms with Crippen LogP contribution in [0.1, 0.15) is 21.5 Å². The van der Waals surface area contributed by atoms with Crippen LogP contribution in [-0.2, 0) is 6.42 Å². The highest BCUT2D eigenvalue weighted by atomic mass is 16.3. The summed E-state index contributed by atoms with van der Waals surface area (Å²) >= 11 is 0. The first-order valence-corrected chi connectivity index (χ1v) is 6.27. The van der Waals surface area contributed by atoms with E-state index in [2.05, 4.69) is 0 Å². The molecule has 0 saturated heterocycles. The molecule has 2 nitrogen and oxygen atoms in total. The molecule has 0 aliphatic carbocycles. The van der Waals surface area contributed by atoms with Gasteiger partial charge in [-0.25, -0.2) is 0 Å². The van der Waals surface area contributed by atoms with Crippen molar-refractivity contribution in [1.29, 1.82) is 0 Å². The van der Waals surface area contributed by atoms with Crippen molar-refractivity contribution < 1.29 is 9.90 Å². The van der Waals surface area contributed by atoms with Crippen molar-refractivity contribution >= 4 is 11.9 Å². The summed E-state index contributed by atoms with van der Waals surface area (Å²) in [5.74, 6) is -0.0343. The lowest BCUT2D eigenvalue weighted by molar-refractivity contribution is 0.104. The summed E-state index contributed by atoms with van der Waals surface area (Å²) in [6.07, 6.45) is 3.88. The van der Waals surface area contributed by atoms with E-state index in [-0.39, 0.29) is 12.4 Å². The fourth-order valence-electron chi connectivity index (χ4n) is 1.92. The van der Waals surface area contributed by atoms with Gasteiger partial charge in [0.2, 0.25) is 0 Å². The van der Waals surface area contributed by atoms with Gasteiger partial charge in [-0.15, -0.1) is 0 Å². The number of hydrogen-bond acceptors (Lipinski definition) is 2. The van der Waals surface area contributed by atoms with Crippen LogP contribution in [0.15, 0.2) is 60.7 Å². The van der Waals surface area contributed by atoms with Gasteiger partial charge in [0.25, 0.3) is 0 Å². The molecule has 0 amide bonds. The van der Waals surface area contributed by atoms with E-state index in [4.69, 9.17) is 5.11 Å². The summed E-state index contributed by atoms with van der Waals surface area (Å²) in [4.78, 5) is 12.1. The van der Waals surface area contributed by atoms with Gasteiger partial charge in [-0.2, -0.15) is 0 Å². The van der Waals surface area contributed by atoms with E-state index in [1.165, 1.54) is 0 Å². The van der Waals surface area contributed by atoms with Crippen molar-refractivity contribution in [2.75, 3.05) is 6.61 Å². The molecule has 2 rings (SSSR count). The Labute approximate surface area is 113 Å². The SMILES string of the molecule is O=C(C=Cc1ccccc1)c1ccccc1CCO. The first-order chi connectivity index (χ1) is 9.31. The summed E-state index contributed by atoms with van der Waals surface area (Å²) in [7, 11) is 0. The molecule has 1 N–H and O–H groups in total. The molecule has 0 atom stereocenters. The summed E-state index contributed by atoms with van der Waals surface area (Å²) in [6.45, 7) is 0.0483. The summed E-state index contributed by atoms with van der Waals surface area (Å²) in [5.41, 5.74) is 2.53. The number of aliphatic hydroxyl groups excluding tert-OH is 1. The zero-order valence-electron chi connectivity index (χ0n) is 10.6. The third-order valence-electron chi connectivity index (χ3n) is 2.89. The van der Waals surface area contributed by atoms with E-state index >= 15 is 0 Å². The van der Waals surface area contributed by atoms with Crippen molar-refractivity contribution in [3.63, 3.8) is 0 Å². The highest BCUT2D eigenvalue weighted by Gasteiger charge is 2.07. The van der Waals surface area contributed by atoms with Gasteiger partial charge in [0.05, 0.1) is 0 Å². The van der Waals surface area contributed by atoms with Gasteiger partial charge in [-0.3, -0.25) is 4.79 Å². The minimum atomic E-state index is -0.0343. The number of aliphatic hydroxyl groups is 1. The molecule has 0 heterocycles. The van der Waals surface area contributed by atoms with Crippen LogP contribution in [0.3, 0.4) is 0 Å². The molecule has 0 aromatic heterocycles. The Hall–Kier alpha value is -2.19. The lowest BCUT2D eigenvalue weighted by Gasteiger charge is -2.04. The molecular weight excluding hydrogens is 236 g/mol. The van der Waals surface area contributed by atoms with E-state index in [1.807, 2.05) is 48.5 Å². The maximum atomic E-state index is 12.1. The predicted molar refractivity (Wildman–Crippen MR) is 77.0 cm³/mol. The maximum Gasteiger partial charge on any atom is 0.186 e. The Balaban J connectivity index is 2.18. The monoisotopic (exact) mass is 252 g/mol. The topological polar surface area (TPSA) is 37.3 Å². The molecular formula is C17H16O2. The van der Waals surface area contributed by atoms with Gasteiger partial charge in [0, 0.05) is 12.2 Å². The fraction of sp³-hybridized carbons (Fsp3) is 0.118. The second-order valence-corrected chi connectivity index (χ2v) is 4.24. The van der Waals surface area contributed by atoms with Crippen LogP contribution in [0.25, 0.3) is 6.08 Å². The third-order valence-corrected chi connectivity index (χ3v) is 2.89. The molecule has 0 bridgehead atoms. The van der Waals surface area contributed by atoms with E-state index in [1.54, 1.807) is 18.2 Å². The van der Waals surface area contributed by atoms with E-state index in [0.717, 1.165) is 11.1 Å². The maximum absolute atomic E-state index is 12.1. The number of rotatable bonds is 5. The van der Waals surface area contributed by atoms with Gasteiger partial charge in [0.15, 0.2) is 5.78 Å². The normalized spacial score (nSPS) is 10.8. The number of carbonyl (C=O) groups is 1. The van der Waals surface area contributed by atoms with Crippen molar-refractivity contribution in [3.05, 3.63) is 77.4 Å². The number of hydrogen-bond donors (Lipinski definition) is 1. The van der Waals surface area contributed by atoms with Crippen LogP contribution in [-0.4, -0.2) is 17.5 Å². The zero-order chi connectivity index (χ0) is 13.5. The Morgan fingerprint density at radius 3 is 2.42 bits per heavy atom. The van der Waals surface area contributed by atoms with Crippen LogP contribution in [0.5, 0.6) is 0 Å². The lowest BCUT2D eigenvalue weighted by atomic mass is 10.0. The molecule has 2 aromatic rings. The molecule has 0 radical (unpaired) electrons. The molecule has 0 unspecified atom stereocenters. The van der Waals surface area contributed by atoms with E-state index in [9.17, 15) is 4.79 Å². The minimum Gasteiger partial charge on any atom is -0.396 e. The van der Waals surface area contributed by atoms with Crippen LogP contribution < -0.4 is 0 Å². The van der Waals surface area contributed by atoms with Crippen molar-refractivity contribution in [3.8, 4) is 0 Å². The second-order valence-electron chi connectivity index (χ2n) is 4.24. The van der Waals surface area contributed by atoms with Crippen LogP contribution in [0.2, 0.25) is 0 Å². The van der Waals surface area contributed by atoms with Crippen molar-refractivity contribution in [2.45, 2.75) is 6.42 Å². The number of ketones is 1. The van der Waals surface area contributed by atoms with Crippen molar-refractivity contribution in [2.24, 2.45) is 0 Å². The third kappa shape index (κ3) is 3.63. The second kappa shape index (κ2) is 6.66. The van der Waals surface area contributed by atoms with Crippen LogP contribution in [0.4, 0.5) is 0 Å². The number of allylic oxidation sites excluding steroid dienone is 1. The molecule has 96 valence electrons. The molecule has 0 aliphatic heterocycles. The highest BCUT2D eigenvalue weighted by Crippen LogP contribution is 2.12. The highest BCUT2D eigenvalue weighted by molar-refractivity contribution is 6.07. The Morgan fingerprint density at radius 1 is 1.00 bits per heavy atom. The Kier molecular flexibility index (Phi) is 4.65. The zero-order valence-corrected chi connectivity index (χ0v) is 10.6. The van der Waals surface area contributed by atoms with E-state index < -0.39 is 0 Å². The van der Waals surface area contributed by atoms with Gasteiger partial charge < -0.3 is 5.11 Å². The summed E-state index contributed by atoms with van der Waals surface area (Å²) in [6, 6.07) is 17.1. The standard InChI is InChI=1S/C17H16O2/c18-13-12-15-8-4-5-9-16(15)17(19)11-10-14-6-2-1-3-7-14/h1-11,18H,12-13H2. The number of benzene rings is 2. The summed E-state index contributed by atoms with van der Waals surface area (Å²) in [5, 5.41) is 9.00. The smallest absolute Gasteiger partial charge is 0.186 e. The van der Waals surface area contributed by atoms with Gasteiger partial charge in [-0.1, -0.05) is 60.7 Å². The van der Waals surface area contributed by atoms with E-state index in [0.29, 0.717) is 12.0 Å². The van der Waals surface area contributed by atoms with Crippen molar-refractivity contribution in [1.82, 2.24) is 0 Å². The largest absolute Gasteiger partial charge is 0.396 e. The van der Waals surface area contributed by atoms with Gasteiger partial charge >= 0.3 is 0 Å². The molecule has 2 aromatic carbocycles.